The topological polar surface area (TPSA) is 50.4 Å². The molecule has 30 heavy (non-hydrogen) atoms. The van der Waals surface area contributed by atoms with Gasteiger partial charge in [0.2, 0.25) is 0 Å². The third-order valence-corrected chi connectivity index (χ3v) is 7.49. The van der Waals surface area contributed by atoms with Crippen LogP contribution in [0.2, 0.25) is 0 Å². The summed E-state index contributed by atoms with van der Waals surface area (Å²) in [7, 11) is 1.66. The van der Waals surface area contributed by atoms with Crippen LogP contribution in [0.5, 0.6) is 5.75 Å². The molecular formula is C24H21BrN2O2S. The lowest BCUT2D eigenvalue weighted by molar-refractivity contribution is -0.122. The number of nitrogens with one attached hydrogen (secondary N) is 2. The second-order valence-corrected chi connectivity index (χ2v) is 10.1. The van der Waals surface area contributed by atoms with E-state index in [4.69, 9.17) is 4.74 Å². The molecule has 2 aromatic carbocycles. The van der Waals surface area contributed by atoms with Gasteiger partial charge in [-0.2, -0.15) is 0 Å². The Hall–Kier alpha value is -2.57. The molecule has 1 aromatic heterocycles. The average Bonchev–Trinajstić information content (AvgIpc) is 3.11. The number of allylic oxidation sites excluding steroid dienone is 1. The minimum absolute atomic E-state index is 0.0446. The van der Waals surface area contributed by atoms with Crippen molar-refractivity contribution in [2.75, 3.05) is 17.7 Å². The van der Waals surface area contributed by atoms with Crippen LogP contribution in [0.15, 0.2) is 76.2 Å². The number of carbonyl (C=O) groups is 1. The summed E-state index contributed by atoms with van der Waals surface area (Å²) in [5.41, 5.74) is 4.10. The molecule has 4 nitrogen and oxygen atoms in total. The van der Waals surface area contributed by atoms with Crippen molar-refractivity contribution in [3.63, 3.8) is 0 Å². The predicted octanol–water partition coefficient (Wildman–Crippen LogP) is 6.35. The van der Waals surface area contributed by atoms with E-state index in [2.05, 4.69) is 50.8 Å². The molecule has 0 bridgehead atoms. The van der Waals surface area contributed by atoms with Gasteiger partial charge in [0, 0.05) is 22.9 Å². The van der Waals surface area contributed by atoms with Crippen molar-refractivity contribution < 1.29 is 9.53 Å². The highest BCUT2D eigenvalue weighted by molar-refractivity contribution is 9.11. The second kappa shape index (κ2) is 7.93. The van der Waals surface area contributed by atoms with Crippen molar-refractivity contribution in [1.29, 1.82) is 0 Å². The number of thiophene rings is 1. The second-order valence-electron chi connectivity index (χ2n) is 7.58. The number of para-hydroxylation sites is 2. The Morgan fingerprint density at radius 2 is 1.80 bits per heavy atom. The number of benzene rings is 2. The normalized spacial score (nSPS) is 22.7. The summed E-state index contributed by atoms with van der Waals surface area (Å²) in [6, 6.07) is 20.2. The maximum Gasteiger partial charge on any atom is 0.145 e. The van der Waals surface area contributed by atoms with Crippen molar-refractivity contribution >= 4 is 44.4 Å². The standard InChI is InChI=1S/C24H21BrN2O2S/c1-29-16-8-6-14(7-9-16)15-12-19-23(20(28)13-15)24(21-10-11-22(25)30-21)27-18-5-3-2-4-17(18)26-19/h2-12,15,23-24,26-27H,13H2,1H3. The molecule has 0 radical (unpaired) electrons. The Labute approximate surface area is 188 Å². The minimum Gasteiger partial charge on any atom is -0.497 e. The third-order valence-electron chi connectivity index (χ3n) is 5.78. The number of ketones is 1. The number of fused-ring (bicyclic) bond motifs is 2. The number of ether oxygens (including phenoxy) is 1. The van der Waals surface area contributed by atoms with Crippen LogP contribution in [-0.4, -0.2) is 12.9 Å². The molecule has 3 unspecified atom stereocenters. The first-order chi connectivity index (χ1) is 14.6. The molecule has 1 aliphatic heterocycles. The average molecular weight is 481 g/mol. The number of halogens is 1. The molecule has 3 aromatic rings. The Bertz CT molecular complexity index is 1120. The highest BCUT2D eigenvalue weighted by Crippen LogP contribution is 2.46. The van der Waals surface area contributed by atoms with Gasteiger partial charge < -0.3 is 15.4 Å². The maximum absolute atomic E-state index is 13.5. The minimum atomic E-state index is -0.252. The van der Waals surface area contributed by atoms with E-state index in [0.29, 0.717) is 6.42 Å². The molecule has 0 fully saturated rings. The summed E-state index contributed by atoms with van der Waals surface area (Å²) in [4.78, 5) is 14.6. The van der Waals surface area contributed by atoms with E-state index in [1.54, 1.807) is 18.4 Å². The zero-order valence-electron chi connectivity index (χ0n) is 16.4. The van der Waals surface area contributed by atoms with E-state index < -0.39 is 0 Å². The summed E-state index contributed by atoms with van der Waals surface area (Å²) in [6.45, 7) is 0. The van der Waals surface area contributed by atoms with Crippen LogP contribution < -0.4 is 15.4 Å². The van der Waals surface area contributed by atoms with E-state index in [1.165, 1.54) is 0 Å². The SMILES string of the molecule is COc1ccc(C2C=C3Nc4ccccc4NC(c4ccc(Br)s4)C3C(=O)C2)cc1. The van der Waals surface area contributed by atoms with Crippen LogP contribution in [-0.2, 0) is 4.79 Å². The summed E-state index contributed by atoms with van der Waals surface area (Å²) in [6.07, 6.45) is 2.72. The summed E-state index contributed by atoms with van der Waals surface area (Å²) in [5.74, 6) is 0.858. The van der Waals surface area contributed by atoms with Crippen LogP contribution in [0, 0.1) is 5.92 Å². The Morgan fingerprint density at radius 1 is 1.03 bits per heavy atom. The fraction of sp³-hybridized carbons (Fsp3) is 0.208. The molecule has 2 aliphatic rings. The van der Waals surface area contributed by atoms with Crippen molar-refractivity contribution in [1.82, 2.24) is 0 Å². The van der Waals surface area contributed by atoms with Gasteiger partial charge in [0.15, 0.2) is 0 Å². The van der Waals surface area contributed by atoms with Crippen LogP contribution in [0.25, 0.3) is 0 Å². The van der Waals surface area contributed by atoms with Gasteiger partial charge in [0.1, 0.15) is 11.5 Å². The van der Waals surface area contributed by atoms with E-state index in [-0.39, 0.29) is 23.7 Å². The van der Waals surface area contributed by atoms with Crippen molar-refractivity contribution in [2.24, 2.45) is 5.92 Å². The van der Waals surface area contributed by atoms with E-state index in [0.717, 1.165) is 37.0 Å². The van der Waals surface area contributed by atoms with Crippen molar-refractivity contribution in [3.8, 4) is 5.75 Å². The molecule has 152 valence electrons. The molecule has 6 heteroatoms. The number of Topliss-reactive ketones (excluding diaryl/α,β-unsaturated/α-hetero) is 1. The largest absolute Gasteiger partial charge is 0.497 e. The zero-order valence-corrected chi connectivity index (χ0v) is 18.8. The molecule has 2 heterocycles. The number of anilines is 2. The summed E-state index contributed by atoms with van der Waals surface area (Å²) in [5, 5.41) is 7.20. The first-order valence-corrected chi connectivity index (χ1v) is 11.5. The number of hydrogen-bond acceptors (Lipinski definition) is 5. The molecule has 0 spiro atoms. The number of rotatable bonds is 3. The van der Waals surface area contributed by atoms with Crippen LogP contribution in [0.1, 0.15) is 28.8 Å². The van der Waals surface area contributed by atoms with Gasteiger partial charge in [-0.05, 0) is 57.9 Å². The molecule has 2 N–H and O–H groups in total. The molecule has 5 rings (SSSR count). The van der Waals surface area contributed by atoms with Gasteiger partial charge in [-0.3, -0.25) is 4.79 Å². The quantitative estimate of drug-likeness (QED) is 0.458. The lowest BCUT2D eigenvalue weighted by Crippen LogP contribution is -2.33. The number of hydrogen-bond donors (Lipinski definition) is 2. The fourth-order valence-corrected chi connectivity index (χ4v) is 5.81. The predicted molar refractivity (Wildman–Crippen MR) is 125 cm³/mol. The summed E-state index contributed by atoms with van der Waals surface area (Å²) < 4.78 is 6.34. The zero-order chi connectivity index (χ0) is 20.7. The first kappa shape index (κ1) is 19.4. The van der Waals surface area contributed by atoms with Crippen molar-refractivity contribution in [3.05, 3.63) is 86.7 Å². The molecule has 0 amide bonds. The molecule has 3 atom stereocenters. The van der Waals surface area contributed by atoms with Crippen molar-refractivity contribution in [2.45, 2.75) is 18.4 Å². The number of carbonyl (C=O) groups excluding carboxylic acids is 1. The van der Waals surface area contributed by atoms with Gasteiger partial charge in [-0.1, -0.05) is 30.3 Å². The maximum atomic E-state index is 13.5. The smallest absolute Gasteiger partial charge is 0.145 e. The van der Waals surface area contributed by atoms with Crippen LogP contribution in [0.3, 0.4) is 0 Å². The lowest BCUT2D eigenvalue weighted by Gasteiger charge is -2.31. The van der Waals surface area contributed by atoms with Gasteiger partial charge in [0.05, 0.1) is 34.2 Å². The highest BCUT2D eigenvalue weighted by atomic mass is 79.9. The lowest BCUT2D eigenvalue weighted by atomic mass is 9.78. The van der Waals surface area contributed by atoms with E-state index in [9.17, 15) is 4.79 Å². The van der Waals surface area contributed by atoms with Crippen LogP contribution >= 0.6 is 27.3 Å². The highest BCUT2D eigenvalue weighted by Gasteiger charge is 2.40. The van der Waals surface area contributed by atoms with E-state index >= 15 is 0 Å². The fourth-order valence-electron chi connectivity index (χ4n) is 4.30. The van der Waals surface area contributed by atoms with Gasteiger partial charge in [-0.25, -0.2) is 0 Å². The van der Waals surface area contributed by atoms with Gasteiger partial charge >= 0.3 is 0 Å². The molecule has 0 saturated heterocycles. The van der Waals surface area contributed by atoms with Crippen LogP contribution in [0.4, 0.5) is 11.4 Å². The van der Waals surface area contributed by atoms with Gasteiger partial charge in [0.25, 0.3) is 0 Å². The molecular weight excluding hydrogens is 460 g/mol. The number of methoxy groups -OCH3 is 1. The van der Waals surface area contributed by atoms with Gasteiger partial charge in [-0.15, -0.1) is 11.3 Å². The Balaban J connectivity index is 1.58. The Kier molecular flexibility index (Phi) is 5.13. The molecule has 1 aliphatic carbocycles. The summed E-state index contributed by atoms with van der Waals surface area (Å²) >= 11 is 5.24. The molecule has 0 saturated carbocycles. The third kappa shape index (κ3) is 3.55. The monoisotopic (exact) mass is 480 g/mol. The first-order valence-electron chi connectivity index (χ1n) is 9.88. The van der Waals surface area contributed by atoms with E-state index in [1.807, 2.05) is 42.5 Å². The Morgan fingerprint density at radius 3 is 2.50 bits per heavy atom.